The highest BCUT2D eigenvalue weighted by atomic mass is 79.9. The topological polar surface area (TPSA) is 18.5 Å². The number of rotatable bonds is 8. The molecule has 0 unspecified atom stereocenters. The van der Waals surface area contributed by atoms with E-state index >= 15 is 0 Å². The first-order valence-electron chi connectivity index (χ1n) is 5.91. The lowest BCUT2D eigenvalue weighted by atomic mass is 10.2. The van der Waals surface area contributed by atoms with Crippen LogP contribution in [0.25, 0.3) is 0 Å². The van der Waals surface area contributed by atoms with Gasteiger partial charge in [0.2, 0.25) is 0 Å². The van der Waals surface area contributed by atoms with Gasteiger partial charge in [-0.3, -0.25) is 0 Å². The summed E-state index contributed by atoms with van der Waals surface area (Å²) in [5.41, 5.74) is 0. The van der Waals surface area contributed by atoms with Gasteiger partial charge in [-0.25, -0.2) is 0 Å². The lowest BCUT2D eigenvalue weighted by molar-refractivity contribution is 0.302. The number of hydrogen-bond acceptors (Lipinski definition) is 2. The third kappa shape index (κ3) is 5.37. The van der Waals surface area contributed by atoms with E-state index in [9.17, 15) is 0 Å². The van der Waals surface area contributed by atoms with Crippen LogP contribution in [0.3, 0.4) is 0 Å². The second-order valence-corrected chi connectivity index (χ2v) is 5.96. The smallest absolute Gasteiger partial charge is 0.134 e. The minimum Gasteiger partial charge on any atom is -0.496 e. The van der Waals surface area contributed by atoms with Crippen molar-refractivity contribution < 1.29 is 9.47 Å². The molecule has 0 saturated carbocycles. The molecule has 0 aliphatic heterocycles. The number of benzene rings is 1. The summed E-state index contributed by atoms with van der Waals surface area (Å²) >= 11 is 12.5. The Morgan fingerprint density at radius 2 is 1.61 bits per heavy atom. The fraction of sp³-hybridized carbons (Fsp3) is 0.538. The molecule has 0 heterocycles. The maximum atomic E-state index is 5.73. The van der Waals surface area contributed by atoms with E-state index in [4.69, 9.17) is 21.1 Å². The first kappa shape index (κ1) is 16.1. The Labute approximate surface area is 130 Å². The summed E-state index contributed by atoms with van der Waals surface area (Å²) in [5.74, 6) is 2.37. The van der Waals surface area contributed by atoms with Gasteiger partial charge in [-0.1, -0.05) is 12.8 Å². The third-order valence-electron chi connectivity index (χ3n) is 2.49. The van der Waals surface area contributed by atoms with Gasteiger partial charge in [0.1, 0.15) is 11.5 Å². The van der Waals surface area contributed by atoms with Crippen LogP contribution in [0.5, 0.6) is 11.5 Å². The second kappa shape index (κ2) is 9.05. The third-order valence-corrected chi connectivity index (χ3v) is 4.00. The van der Waals surface area contributed by atoms with Crippen molar-refractivity contribution in [2.45, 2.75) is 25.7 Å². The van der Waals surface area contributed by atoms with Gasteiger partial charge in [0.05, 0.1) is 22.7 Å². The highest BCUT2D eigenvalue weighted by Gasteiger charge is 2.07. The van der Waals surface area contributed by atoms with Crippen molar-refractivity contribution in [1.82, 2.24) is 0 Å². The van der Waals surface area contributed by atoms with E-state index < -0.39 is 0 Å². The van der Waals surface area contributed by atoms with E-state index in [1.165, 1.54) is 6.42 Å². The Bertz CT molecular complexity index is 372. The molecular weight excluding hydrogens is 383 g/mol. The van der Waals surface area contributed by atoms with Gasteiger partial charge in [-0.05, 0) is 56.8 Å². The lowest BCUT2D eigenvalue weighted by Crippen LogP contribution is -1.98. The highest BCUT2D eigenvalue weighted by Crippen LogP contribution is 2.36. The Kier molecular flexibility index (Phi) is 8.11. The Morgan fingerprint density at radius 3 is 2.28 bits per heavy atom. The monoisotopic (exact) mass is 398 g/mol. The van der Waals surface area contributed by atoms with Gasteiger partial charge < -0.3 is 9.47 Å². The van der Waals surface area contributed by atoms with Crippen LogP contribution in [0, 0.1) is 0 Å². The number of halogens is 3. The molecule has 0 aromatic heterocycles. The predicted molar refractivity (Wildman–Crippen MR) is 83.1 cm³/mol. The number of alkyl halides is 1. The maximum Gasteiger partial charge on any atom is 0.134 e. The summed E-state index contributed by atoms with van der Waals surface area (Å²) in [7, 11) is 1.64. The summed E-state index contributed by atoms with van der Waals surface area (Å²) in [5, 5.41) is 0. The number of unbranched alkanes of at least 4 members (excludes halogenated alkanes) is 3. The van der Waals surface area contributed by atoms with Gasteiger partial charge in [0.25, 0.3) is 0 Å². The van der Waals surface area contributed by atoms with E-state index in [1.807, 2.05) is 12.1 Å². The zero-order valence-electron chi connectivity index (χ0n) is 10.3. The standard InChI is InChI=1S/C13H17Br2ClO2/c1-17-12-8-11(15)13(9-10(12)14)18-7-5-3-2-4-6-16/h8-9H,2-7H2,1H3. The quantitative estimate of drug-likeness (QED) is 0.430. The van der Waals surface area contributed by atoms with Crippen LogP contribution in [0.2, 0.25) is 0 Å². The molecule has 0 spiro atoms. The van der Waals surface area contributed by atoms with Crippen molar-refractivity contribution in [3.05, 3.63) is 21.1 Å². The normalized spacial score (nSPS) is 10.4. The molecule has 0 radical (unpaired) electrons. The molecule has 0 fully saturated rings. The molecule has 0 N–H and O–H groups in total. The molecule has 0 amide bonds. The predicted octanol–water partition coefficient (Wildman–Crippen LogP) is 5.40. The average Bonchev–Trinajstić information content (AvgIpc) is 2.37. The van der Waals surface area contributed by atoms with Crippen molar-refractivity contribution in [2.24, 2.45) is 0 Å². The van der Waals surface area contributed by atoms with Crippen LogP contribution in [0.4, 0.5) is 0 Å². The van der Waals surface area contributed by atoms with Crippen LogP contribution in [0.1, 0.15) is 25.7 Å². The zero-order valence-corrected chi connectivity index (χ0v) is 14.3. The largest absolute Gasteiger partial charge is 0.496 e. The van der Waals surface area contributed by atoms with Crippen LogP contribution in [-0.4, -0.2) is 19.6 Å². The summed E-state index contributed by atoms with van der Waals surface area (Å²) in [6, 6.07) is 3.81. The SMILES string of the molecule is COc1cc(Br)c(OCCCCCCCl)cc1Br. The molecule has 1 aromatic rings. The molecule has 1 aromatic carbocycles. The zero-order chi connectivity index (χ0) is 13.4. The van der Waals surface area contributed by atoms with E-state index in [0.29, 0.717) is 0 Å². The molecule has 0 aliphatic rings. The molecule has 5 heteroatoms. The van der Waals surface area contributed by atoms with Gasteiger partial charge in [0.15, 0.2) is 0 Å². The molecule has 0 bridgehead atoms. The van der Waals surface area contributed by atoms with Crippen LogP contribution in [0.15, 0.2) is 21.1 Å². The van der Waals surface area contributed by atoms with E-state index in [-0.39, 0.29) is 0 Å². The molecular formula is C13H17Br2ClO2. The van der Waals surface area contributed by atoms with Crippen molar-refractivity contribution in [3.8, 4) is 11.5 Å². The summed E-state index contributed by atoms with van der Waals surface area (Å²) < 4.78 is 12.7. The molecule has 102 valence electrons. The fourth-order valence-corrected chi connectivity index (χ4v) is 2.62. The van der Waals surface area contributed by atoms with Gasteiger partial charge >= 0.3 is 0 Å². The van der Waals surface area contributed by atoms with Crippen LogP contribution >= 0.6 is 43.5 Å². The Balaban J connectivity index is 2.40. The fourth-order valence-electron chi connectivity index (χ4n) is 1.51. The highest BCUT2D eigenvalue weighted by molar-refractivity contribution is 9.11. The van der Waals surface area contributed by atoms with Gasteiger partial charge in [-0.2, -0.15) is 0 Å². The van der Waals surface area contributed by atoms with Crippen molar-refractivity contribution in [3.63, 3.8) is 0 Å². The molecule has 2 nitrogen and oxygen atoms in total. The minimum atomic E-state index is 0.722. The van der Waals surface area contributed by atoms with Crippen molar-refractivity contribution >= 4 is 43.5 Å². The molecule has 0 saturated heterocycles. The van der Waals surface area contributed by atoms with Gasteiger partial charge in [0, 0.05) is 5.88 Å². The first-order valence-corrected chi connectivity index (χ1v) is 8.03. The molecule has 18 heavy (non-hydrogen) atoms. The van der Waals surface area contributed by atoms with Crippen molar-refractivity contribution in [1.29, 1.82) is 0 Å². The van der Waals surface area contributed by atoms with Gasteiger partial charge in [-0.15, -0.1) is 11.6 Å². The number of hydrogen-bond donors (Lipinski definition) is 0. The van der Waals surface area contributed by atoms with Crippen LogP contribution < -0.4 is 9.47 Å². The van der Waals surface area contributed by atoms with Crippen LogP contribution in [-0.2, 0) is 0 Å². The summed E-state index contributed by atoms with van der Waals surface area (Å²) in [6.45, 7) is 0.722. The Hall–Kier alpha value is 0.0700. The average molecular weight is 401 g/mol. The first-order chi connectivity index (χ1) is 8.69. The molecule has 1 rings (SSSR count). The molecule has 0 atom stereocenters. The lowest BCUT2D eigenvalue weighted by Gasteiger charge is -2.11. The number of methoxy groups -OCH3 is 1. The summed E-state index contributed by atoms with van der Waals surface area (Å²) in [4.78, 5) is 0. The Morgan fingerprint density at radius 1 is 1.00 bits per heavy atom. The van der Waals surface area contributed by atoms with E-state index in [2.05, 4.69) is 31.9 Å². The maximum absolute atomic E-state index is 5.73. The number of ether oxygens (including phenoxy) is 2. The second-order valence-electron chi connectivity index (χ2n) is 3.87. The molecule has 0 aliphatic carbocycles. The van der Waals surface area contributed by atoms with E-state index in [0.717, 1.165) is 52.2 Å². The van der Waals surface area contributed by atoms with Crippen molar-refractivity contribution in [2.75, 3.05) is 19.6 Å². The van der Waals surface area contributed by atoms with E-state index in [1.54, 1.807) is 7.11 Å². The minimum absolute atomic E-state index is 0.722. The summed E-state index contributed by atoms with van der Waals surface area (Å²) in [6.07, 6.45) is 4.45.